The minimum absolute atomic E-state index is 0.619. The van der Waals surface area contributed by atoms with Crippen LogP contribution in [0.15, 0.2) is 0 Å². The molecule has 0 radical (unpaired) electrons. The van der Waals surface area contributed by atoms with Crippen LogP contribution in [0.4, 0.5) is 0 Å². The molecule has 1 rings (SSSR count). The molecule has 0 saturated heterocycles. The molecule has 0 aromatic rings. The molecule has 1 saturated carbocycles. The summed E-state index contributed by atoms with van der Waals surface area (Å²) >= 11 is 0. The highest BCUT2D eigenvalue weighted by Crippen LogP contribution is 2.58. The molecule has 0 amide bonds. The first-order valence-corrected chi connectivity index (χ1v) is 12.9. The minimum Gasteiger partial charge on any atom is -0.0654 e. The van der Waals surface area contributed by atoms with E-state index in [0.29, 0.717) is 5.41 Å². The van der Waals surface area contributed by atoms with E-state index < -0.39 is 0 Å². The molecule has 1 aliphatic rings. The lowest BCUT2D eigenvalue weighted by Crippen LogP contribution is -2.23. The Morgan fingerprint density at radius 2 is 1.29 bits per heavy atom. The number of rotatable bonds is 14. The maximum absolute atomic E-state index is 2.53. The normalized spacial score (nSPS) is 27.3. The summed E-state index contributed by atoms with van der Waals surface area (Å²) in [6, 6.07) is 0. The molecule has 0 N–H and O–H groups in total. The lowest BCUT2D eigenvalue weighted by molar-refractivity contribution is 0.178. The largest absolute Gasteiger partial charge is 0.0654 e. The Bertz CT molecular complexity index is 422. The van der Waals surface area contributed by atoms with Crippen molar-refractivity contribution in [3.05, 3.63) is 0 Å². The van der Waals surface area contributed by atoms with Crippen molar-refractivity contribution in [2.24, 2.45) is 58.7 Å². The van der Waals surface area contributed by atoms with Crippen molar-refractivity contribution < 1.29 is 0 Å². The first kappa shape index (κ1) is 26.0. The van der Waals surface area contributed by atoms with E-state index in [1.54, 1.807) is 0 Å². The SMILES string of the molecule is CCCC(C)C(C)C(CC)CC(C)CC(C)CC(C)C(C)C(C)C1CC1(C)C. The Kier molecular flexibility index (Phi) is 10.6. The standard InChI is InChI=1S/C28H56/c1-12-14-21(5)24(8)26(13-2)17-20(4)15-19(3)16-22(6)23(7)25(9)27-18-28(27,10)11/h19-27H,12-18H2,1-11H3. The quantitative estimate of drug-likeness (QED) is 0.276. The molecule has 0 aromatic heterocycles. The van der Waals surface area contributed by atoms with Gasteiger partial charge in [0.1, 0.15) is 0 Å². The van der Waals surface area contributed by atoms with Gasteiger partial charge >= 0.3 is 0 Å². The average Bonchev–Trinajstić information content (AvgIpc) is 3.25. The van der Waals surface area contributed by atoms with Gasteiger partial charge in [-0.3, -0.25) is 0 Å². The van der Waals surface area contributed by atoms with Crippen LogP contribution in [-0.2, 0) is 0 Å². The van der Waals surface area contributed by atoms with Crippen molar-refractivity contribution in [1.29, 1.82) is 0 Å². The van der Waals surface area contributed by atoms with E-state index in [2.05, 4.69) is 76.2 Å². The summed E-state index contributed by atoms with van der Waals surface area (Å²) in [5.74, 6) is 8.00. The molecule has 0 aromatic carbocycles. The lowest BCUT2D eigenvalue weighted by Gasteiger charge is -2.32. The Labute approximate surface area is 180 Å². The maximum Gasteiger partial charge on any atom is -0.0320 e. The zero-order valence-corrected chi connectivity index (χ0v) is 21.6. The molecular formula is C28H56. The van der Waals surface area contributed by atoms with Crippen molar-refractivity contribution in [3.63, 3.8) is 0 Å². The molecule has 1 aliphatic carbocycles. The van der Waals surface area contributed by atoms with Crippen LogP contribution in [0.5, 0.6) is 0 Å². The van der Waals surface area contributed by atoms with Crippen LogP contribution in [0.3, 0.4) is 0 Å². The van der Waals surface area contributed by atoms with Gasteiger partial charge in [0.2, 0.25) is 0 Å². The van der Waals surface area contributed by atoms with E-state index in [1.807, 2.05) is 0 Å². The monoisotopic (exact) mass is 392 g/mol. The van der Waals surface area contributed by atoms with Gasteiger partial charge in [0.25, 0.3) is 0 Å². The molecule has 9 unspecified atom stereocenters. The molecule has 0 aliphatic heterocycles. The second kappa shape index (κ2) is 11.4. The van der Waals surface area contributed by atoms with Crippen molar-refractivity contribution in [2.75, 3.05) is 0 Å². The van der Waals surface area contributed by atoms with Gasteiger partial charge in [0, 0.05) is 0 Å². The zero-order chi connectivity index (χ0) is 21.6. The fraction of sp³-hybridized carbons (Fsp3) is 1.00. The third-order valence-electron chi connectivity index (χ3n) is 9.14. The molecule has 168 valence electrons. The Balaban J connectivity index is 2.44. The van der Waals surface area contributed by atoms with Gasteiger partial charge in [-0.1, -0.05) is 95.4 Å². The van der Waals surface area contributed by atoms with Crippen LogP contribution in [0.25, 0.3) is 0 Å². The summed E-state index contributed by atoms with van der Waals surface area (Å²) in [7, 11) is 0. The molecular weight excluding hydrogens is 336 g/mol. The molecule has 0 heteroatoms. The smallest absolute Gasteiger partial charge is 0.0320 e. The zero-order valence-electron chi connectivity index (χ0n) is 21.6. The third-order valence-corrected chi connectivity index (χ3v) is 9.14. The Morgan fingerprint density at radius 3 is 1.75 bits per heavy atom. The van der Waals surface area contributed by atoms with Gasteiger partial charge in [-0.2, -0.15) is 0 Å². The van der Waals surface area contributed by atoms with Gasteiger partial charge < -0.3 is 0 Å². The van der Waals surface area contributed by atoms with Gasteiger partial charge in [0.15, 0.2) is 0 Å². The summed E-state index contributed by atoms with van der Waals surface area (Å²) in [5, 5.41) is 0. The number of hydrogen-bond acceptors (Lipinski definition) is 0. The minimum atomic E-state index is 0.619. The molecule has 0 spiro atoms. The van der Waals surface area contributed by atoms with Gasteiger partial charge in [-0.05, 0) is 84.4 Å². The fourth-order valence-electron chi connectivity index (χ4n) is 6.47. The van der Waals surface area contributed by atoms with Gasteiger partial charge in [-0.15, -0.1) is 0 Å². The van der Waals surface area contributed by atoms with Crippen molar-refractivity contribution in [2.45, 2.75) is 121 Å². The van der Waals surface area contributed by atoms with Gasteiger partial charge in [0.05, 0.1) is 0 Å². The van der Waals surface area contributed by atoms with E-state index >= 15 is 0 Å². The second-order valence-electron chi connectivity index (χ2n) is 12.2. The molecule has 0 bridgehead atoms. The summed E-state index contributed by atoms with van der Waals surface area (Å²) in [6.07, 6.45) is 9.82. The predicted octanol–water partition coefficient (Wildman–Crippen LogP) is 9.48. The topological polar surface area (TPSA) is 0 Å². The molecule has 28 heavy (non-hydrogen) atoms. The average molecular weight is 393 g/mol. The lowest BCUT2D eigenvalue weighted by atomic mass is 9.73. The van der Waals surface area contributed by atoms with E-state index in [1.165, 1.54) is 44.9 Å². The van der Waals surface area contributed by atoms with Crippen LogP contribution in [0.2, 0.25) is 0 Å². The van der Waals surface area contributed by atoms with Crippen LogP contribution in [-0.4, -0.2) is 0 Å². The maximum atomic E-state index is 2.53. The third kappa shape index (κ3) is 7.68. The highest BCUT2D eigenvalue weighted by atomic mass is 14.5. The summed E-state index contributed by atoms with van der Waals surface area (Å²) in [6.45, 7) is 27.3. The van der Waals surface area contributed by atoms with Gasteiger partial charge in [-0.25, -0.2) is 0 Å². The van der Waals surface area contributed by atoms with E-state index in [0.717, 1.165) is 53.3 Å². The van der Waals surface area contributed by atoms with E-state index in [9.17, 15) is 0 Å². The number of hydrogen-bond donors (Lipinski definition) is 0. The first-order valence-electron chi connectivity index (χ1n) is 12.9. The van der Waals surface area contributed by atoms with Crippen LogP contribution >= 0.6 is 0 Å². The van der Waals surface area contributed by atoms with Crippen LogP contribution < -0.4 is 0 Å². The van der Waals surface area contributed by atoms with Crippen molar-refractivity contribution >= 4 is 0 Å². The van der Waals surface area contributed by atoms with E-state index in [4.69, 9.17) is 0 Å². The second-order valence-corrected chi connectivity index (χ2v) is 12.2. The highest BCUT2D eigenvalue weighted by Gasteiger charge is 2.50. The van der Waals surface area contributed by atoms with Crippen LogP contribution in [0.1, 0.15) is 121 Å². The summed E-state index contributed by atoms with van der Waals surface area (Å²) in [5.41, 5.74) is 0.619. The van der Waals surface area contributed by atoms with Crippen LogP contribution in [0, 0.1) is 58.7 Å². The summed E-state index contributed by atoms with van der Waals surface area (Å²) in [4.78, 5) is 0. The molecule has 9 atom stereocenters. The van der Waals surface area contributed by atoms with Crippen molar-refractivity contribution in [1.82, 2.24) is 0 Å². The molecule has 0 nitrogen and oxygen atoms in total. The molecule has 1 fully saturated rings. The Morgan fingerprint density at radius 1 is 0.750 bits per heavy atom. The highest BCUT2D eigenvalue weighted by molar-refractivity contribution is 4.99. The molecule has 0 heterocycles. The Hall–Kier alpha value is 0. The predicted molar refractivity (Wildman–Crippen MR) is 129 cm³/mol. The summed E-state index contributed by atoms with van der Waals surface area (Å²) < 4.78 is 0. The first-order chi connectivity index (χ1) is 12.9. The van der Waals surface area contributed by atoms with Crippen molar-refractivity contribution in [3.8, 4) is 0 Å². The fourth-order valence-corrected chi connectivity index (χ4v) is 6.47. The van der Waals surface area contributed by atoms with E-state index in [-0.39, 0.29) is 0 Å².